The SMILES string of the molecule is CNC(=O)C/C(C=O)=C1/Sc2ccccc2SC1CO. The maximum absolute atomic E-state index is 11.5. The molecule has 0 saturated carbocycles. The van der Waals surface area contributed by atoms with Crippen molar-refractivity contribution in [3.8, 4) is 0 Å². The summed E-state index contributed by atoms with van der Waals surface area (Å²) in [5, 5.41) is 11.9. The van der Waals surface area contributed by atoms with E-state index in [4.69, 9.17) is 0 Å². The van der Waals surface area contributed by atoms with Gasteiger partial charge in [-0.05, 0) is 12.1 Å². The van der Waals surface area contributed by atoms with Crippen molar-refractivity contribution in [1.82, 2.24) is 5.32 Å². The van der Waals surface area contributed by atoms with Crippen molar-refractivity contribution in [2.24, 2.45) is 0 Å². The maximum Gasteiger partial charge on any atom is 0.224 e. The molecular weight excluding hydrogens is 294 g/mol. The number of aldehydes is 1. The molecule has 0 radical (unpaired) electrons. The molecule has 6 heteroatoms. The number of nitrogens with one attached hydrogen (secondary N) is 1. The summed E-state index contributed by atoms with van der Waals surface area (Å²) in [4.78, 5) is 25.7. The van der Waals surface area contributed by atoms with Crippen molar-refractivity contribution < 1.29 is 14.7 Å². The summed E-state index contributed by atoms with van der Waals surface area (Å²) in [5.74, 6) is -0.208. The standard InChI is InChI=1S/C14H15NO3S2/c1-15-13(18)6-9(7-16)14-12(8-17)19-10-4-2-3-5-11(10)20-14/h2-5,7,12,17H,6,8H2,1H3,(H,15,18)/b14-9-. The Kier molecular flexibility index (Phi) is 5.28. The first-order valence-corrected chi connectivity index (χ1v) is 7.82. The number of hydrogen-bond donors (Lipinski definition) is 2. The zero-order chi connectivity index (χ0) is 14.5. The van der Waals surface area contributed by atoms with Crippen LogP contribution in [0.1, 0.15) is 6.42 Å². The third-order valence-corrected chi connectivity index (χ3v) is 5.79. The first-order valence-electron chi connectivity index (χ1n) is 6.12. The van der Waals surface area contributed by atoms with Crippen LogP contribution in [0, 0.1) is 0 Å². The zero-order valence-electron chi connectivity index (χ0n) is 11.0. The number of amides is 1. The Morgan fingerprint density at radius 2 is 2.10 bits per heavy atom. The number of benzene rings is 1. The van der Waals surface area contributed by atoms with Gasteiger partial charge in [-0.15, -0.1) is 11.8 Å². The second kappa shape index (κ2) is 6.97. The highest BCUT2D eigenvalue weighted by Crippen LogP contribution is 2.48. The quantitative estimate of drug-likeness (QED) is 0.656. The molecule has 2 N–H and O–H groups in total. The van der Waals surface area contributed by atoms with Crippen molar-refractivity contribution in [3.63, 3.8) is 0 Å². The molecule has 0 bridgehead atoms. The molecule has 2 rings (SSSR count). The molecule has 1 unspecified atom stereocenters. The minimum absolute atomic E-state index is 0.0432. The van der Waals surface area contributed by atoms with Gasteiger partial charge < -0.3 is 10.4 Å². The van der Waals surface area contributed by atoms with Gasteiger partial charge in [-0.1, -0.05) is 23.9 Å². The molecule has 0 aromatic heterocycles. The molecule has 1 aromatic carbocycles. The van der Waals surface area contributed by atoms with E-state index in [1.807, 2.05) is 24.3 Å². The molecule has 1 amide bonds. The van der Waals surface area contributed by atoms with E-state index >= 15 is 0 Å². The van der Waals surface area contributed by atoms with E-state index in [-0.39, 0.29) is 24.2 Å². The van der Waals surface area contributed by atoms with Gasteiger partial charge in [0.2, 0.25) is 5.91 Å². The topological polar surface area (TPSA) is 66.4 Å². The molecule has 0 aliphatic carbocycles. The molecule has 0 spiro atoms. The van der Waals surface area contributed by atoms with Gasteiger partial charge in [0.1, 0.15) is 6.29 Å². The van der Waals surface area contributed by atoms with E-state index in [0.29, 0.717) is 11.9 Å². The number of thioether (sulfide) groups is 2. The lowest BCUT2D eigenvalue weighted by atomic mass is 10.1. The van der Waals surface area contributed by atoms with Crippen LogP contribution in [-0.4, -0.2) is 36.2 Å². The number of carbonyl (C=O) groups is 2. The summed E-state index contributed by atoms with van der Waals surface area (Å²) in [7, 11) is 1.54. The van der Waals surface area contributed by atoms with Crippen LogP contribution >= 0.6 is 23.5 Å². The normalized spacial score (nSPS) is 20.0. The van der Waals surface area contributed by atoms with Crippen LogP contribution in [-0.2, 0) is 9.59 Å². The van der Waals surface area contributed by atoms with E-state index < -0.39 is 0 Å². The smallest absolute Gasteiger partial charge is 0.224 e. The number of aliphatic hydroxyl groups is 1. The Balaban J connectivity index is 2.38. The second-order valence-electron chi connectivity index (χ2n) is 4.20. The highest BCUT2D eigenvalue weighted by molar-refractivity contribution is 8.08. The van der Waals surface area contributed by atoms with Gasteiger partial charge in [0.05, 0.1) is 18.3 Å². The first kappa shape index (κ1) is 15.2. The van der Waals surface area contributed by atoms with Crippen LogP contribution in [0.5, 0.6) is 0 Å². The Hall–Kier alpha value is -1.24. The molecule has 1 atom stereocenters. The molecular formula is C14H15NO3S2. The Morgan fingerprint density at radius 1 is 1.40 bits per heavy atom. The van der Waals surface area contributed by atoms with E-state index in [1.54, 1.807) is 0 Å². The van der Waals surface area contributed by atoms with Gasteiger partial charge in [-0.2, -0.15) is 0 Å². The number of fused-ring (bicyclic) bond motifs is 1. The van der Waals surface area contributed by atoms with Gasteiger partial charge in [0.15, 0.2) is 0 Å². The average Bonchev–Trinajstić information content (AvgIpc) is 2.50. The largest absolute Gasteiger partial charge is 0.395 e. The molecule has 20 heavy (non-hydrogen) atoms. The summed E-state index contributed by atoms with van der Waals surface area (Å²) in [5.41, 5.74) is 0.440. The predicted octanol–water partition coefficient (Wildman–Crippen LogP) is 1.83. The molecule has 0 fully saturated rings. The van der Waals surface area contributed by atoms with Gasteiger partial charge >= 0.3 is 0 Å². The summed E-state index contributed by atoms with van der Waals surface area (Å²) < 4.78 is 0. The van der Waals surface area contributed by atoms with Crippen molar-refractivity contribution in [2.75, 3.05) is 13.7 Å². The van der Waals surface area contributed by atoms with Gasteiger partial charge in [-0.25, -0.2) is 0 Å². The van der Waals surface area contributed by atoms with Crippen molar-refractivity contribution in [1.29, 1.82) is 0 Å². The number of carbonyl (C=O) groups excluding carboxylic acids is 2. The molecule has 106 valence electrons. The Bertz CT molecular complexity index is 557. The summed E-state index contributed by atoms with van der Waals surface area (Å²) in [6.07, 6.45) is 0.760. The maximum atomic E-state index is 11.5. The third kappa shape index (κ3) is 3.26. The van der Waals surface area contributed by atoms with Crippen molar-refractivity contribution in [3.05, 3.63) is 34.7 Å². The molecule has 1 aliphatic heterocycles. The second-order valence-corrected chi connectivity index (χ2v) is 6.52. The van der Waals surface area contributed by atoms with Crippen molar-refractivity contribution in [2.45, 2.75) is 21.5 Å². The average molecular weight is 309 g/mol. The summed E-state index contributed by atoms with van der Waals surface area (Å²) >= 11 is 2.99. The van der Waals surface area contributed by atoms with Crippen LogP contribution in [0.3, 0.4) is 0 Å². The minimum atomic E-state index is -0.208. The minimum Gasteiger partial charge on any atom is -0.395 e. The van der Waals surface area contributed by atoms with Crippen LogP contribution in [0.2, 0.25) is 0 Å². The van der Waals surface area contributed by atoms with Gasteiger partial charge in [0, 0.05) is 27.3 Å². The molecule has 1 heterocycles. The number of hydrogen-bond acceptors (Lipinski definition) is 5. The van der Waals surface area contributed by atoms with E-state index in [0.717, 1.165) is 14.7 Å². The van der Waals surface area contributed by atoms with Crippen LogP contribution in [0.25, 0.3) is 0 Å². The highest BCUT2D eigenvalue weighted by Gasteiger charge is 2.27. The van der Waals surface area contributed by atoms with Crippen LogP contribution in [0.15, 0.2) is 44.5 Å². The number of rotatable bonds is 4. The van der Waals surface area contributed by atoms with Crippen LogP contribution in [0.4, 0.5) is 0 Å². The van der Waals surface area contributed by atoms with Crippen LogP contribution < -0.4 is 5.32 Å². The first-order chi connectivity index (χ1) is 9.69. The highest BCUT2D eigenvalue weighted by atomic mass is 32.2. The molecule has 4 nitrogen and oxygen atoms in total. The lowest BCUT2D eigenvalue weighted by Gasteiger charge is -2.26. The fourth-order valence-corrected chi connectivity index (χ4v) is 4.41. The molecule has 1 aliphatic rings. The van der Waals surface area contributed by atoms with E-state index in [1.165, 1.54) is 30.6 Å². The third-order valence-electron chi connectivity index (χ3n) is 2.89. The zero-order valence-corrected chi connectivity index (χ0v) is 12.6. The lowest BCUT2D eigenvalue weighted by Crippen LogP contribution is -2.21. The fraction of sp³-hybridized carbons (Fsp3) is 0.286. The molecule has 0 saturated heterocycles. The monoisotopic (exact) mass is 309 g/mol. The summed E-state index contributed by atoms with van der Waals surface area (Å²) in [6.45, 7) is -0.0631. The lowest BCUT2D eigenvalue weighted by molar-refractivity contribution is -0.120. The Morgan fingerprint density at radius 3 is 2.70 bits per heavy atom. The number of aliphatic hydroxyl groups excluding tert-OH is 1. The van der Waals surface area contributed by atoms with Gasteiger partial charge in [-0.3, -0.25) is 9.59 Å². The fourth-order valence-electron chi connectivity index (χ4n) is 1.86. The van der Waals surface area contributed by atoms with E-state index in [2.05, 4.69) is 5.32 Å². The molecule has 1 aromatic rings. The van der Waals surface area contributed by atoms with E-state index in [9.17, 15) is 14.7 Å². The van der Waals surface area contributed by atoms with Gasteiger partial charge in [0.25, 0.3) is 0 Å². The summed E-state index contributed by atoms with van der Waals surface area (Å²) in [6, 6.07) is 7.85. The predicted molar refractivity (Wildman–Crippen MR) is 80.8 cm³/mol. The van der Waals surface area contributed by atoms with Crippen molar-refractivity contribution >= 4 is 35.7 Å². The Labute approximate surface area is 126 Å².